The molecule has 1 saturated carbocycles. The summed E-state index contributed by atoms with van der Waals surface area (Å²) in [6, 6.07) is 6.02. The lowest BCUT2D eigenvalue weighted by atomic mass is 9.68. The number of methoxy groups -OCH3 is 1. The summed E-state index contributed by atoms with van der Waals surface area (Å²) in [5.74, 6) is -0.300. The second-order valence-corrected chi connectivity index (χ2v) is 12.7. The Morgan fingerprint density at radius 3 is 2.45 bits per heavy atom. The van der Waals surface area contributed by atoms with Gasteiger partial charge < -0.3 is 4.74 Å². The normalized spacial score (nSPS) is 25.6. The monoisotopic (exact) mass is 592 g/mol. The van der Waals surface area contributed by atoms with E-state index >= 15 is 0 Å². The number of alkyl halides is 6. The summed E-state index contributed by atoms with van der Waals surface area (Å²) in [5.41, 5.74) is 0.368. The van der Waals surface area contributed by atoms with Gasteiger partial charge in [-0.1, -0.05) is 56.7 Å². The molecule has 224 valence electrons. The van der Waals surface area contributed by atoms with Crippen LogP contribution < -0.4 is 0 Å². The van der Waals surface area contributed by atoms with E-state index in [0.717, 1.165) is 35.3 Å². The molecule has 11 heteroatoms. The fourth-order valence-corrected chi connectivity index (χ4v) is 7.11. The molecule has 1 aromatic carbocycles. The maximum atomic E-state index is 14.3. The molecule has 1 spiro atoms. The third-order valence-electron chi connectivity index (χ3n) is 8.65. The number of ether oxygens (including phenoxy) is 1. The molecule has 0 N–H and O–H groups in total. The number of aliphatic imine (C=N–C) groups is 1. The molecular weight excluding hydrogens is 554 g/mol. The number of benzene rings is 1. The molecule has 1 amide bonds. The highest BCUT2D eigenvalue weighted by atomic mass is 32.2. The molecule has 4 nitrogen and oxygen atoms in total. The first-order valence-electron chi connectivity index (χ1n) is 14.0. The third kappa shape index (κ3) is 6.82. The minimum absolute atomic E-state index is 0.0558. The molecule has 0 radical (unpaired) electrons. The van der Waals surface area contributed by atoms with Crippen LogP contribution in [0, 0.1) is 11.3 Å². The number of hydrogen-bond acceptors (Lipinski definition) is 4. The van der Waals surface area contributed by atoms with Crippen LogP contribution >= 0.6 is 11.8 Å². The largest absolute Gasteiger partial charge is 0.390 e. The molecular formula is C29H38F6N2O2S. The second kappa shape index (κ2) is 11.9. The van der Waals surface area contributed by atoms with Crippen molar-refractivity contribution in [2.24, 2.45) is 16.3 Å². The van der Waals surface area contributed by atoms with E-state index in [2.05, 4.69) is 0 Å². The molecule has 3 unspecified atom stereocenters. The Hall–Kier alpha value is -1.75. The van der Waals surface area contributed by atoms with Crippen molar-refractivity contribution >= 4 is 22.8 Å². The van der Waals surface area contributed by atoms with Crippen molar-refractivity contribution < 1.29 is 35.9 Å². The van der Waals surface area contributed by atoms with Gasteiger partial charge in [-0.2, -0.15) is 26.3 Å². The number of carbonyl (C=O) groups excluding carboxylic acids is 1. The van der Waals surface area contributed by atoms with E-state index in [-0.39, 0.29) is 11.3 Å². The van der Waals surface area contributed by atoms with Gasteiger partial charge in [0, 0.05) is 24.8 Å². The average Bonchev–Trinajstić information content (AvgIpc) is 3.60. The zero-order valence-electron chi connectivity index (χ0n) is 23.3. The quantitative estimate of drug-likeness (QED) is 0.232. The van der Waals surface area contributed by atoms with Crippen molar-refractivity contribution in [1.82, 2.24) is 4.90 Å². The van der Waals surface area contributed by atoms with Crippen molar-refractivity contribution in [2.75, 3.05) is 19.4 Å². The maximum absolute atomic E-state index is 14.3. The molecule has 4 rings (SSSR count). The van der Waals surface area contributed by atoms with Crippen molar-refractivity contribution in [1.29, 1.82) is 0 Å². The standard InChI is InChI=1S/C29H38F6N2O2S/c1-4-22(39-3)11-12-26(2)18-21-10-9-20(8-7-19-5-6-19)17-23(21)29(26)24(38)37(15-13-27(30,31)32)25(36-29)40-16-14-28(33,34)35/h9-10,17,19,22H,4-8,11-16,18H2,1-3H3. The molecule has 0 aromatic heterocycles. The topological polar surface area (TPSA) is 41.9 Å². The molecule has 0 saturated heterocycles. The van der Waals surface area contributed by atoms with Crippen LogP contribution in [0.5, 0.6) is 0 Å². The summed E-state index contributed by atoms with van der Waals surface area (Å²) in [5, 5.41) is -0.0558. The van der Waals surface area contributed by atoms with Gasteiger partial charge in [-0.25, -0.2) is 4.99 Å². The lowest BCUT2D eigenvalue weighted by Gasteiger charge is -2.39. The van der Waals surface area contributed by atoms with E-state index in [1.54, 1.807) is 7.11 Å². The van der Waals surface area contributed by atoms with Crippen molar-refractivity contribution in [3.63, 3.8) is 0 Å². The van der Waals surface area contributed by atoms with Crippen LogP contribution in [0.15, 0.2) is 23.2 Å². The van der Waals surface area contributed by atoms with Gasteiger partial charge in [-0.15, -0.1) is 0 Å². The fraction of sp³-hybridized carbons (Fsp3) is 0.724. The van der Waals surface area contributed by atoms with E-state index in [1.165, 1.54) is 12.8 Å². The Morgan fingerprint density at radius 1 is 1.15 bits per heavy atom. The highest BCUT2D eigenvalue weighted by Crippen LogP contribution is 2.59. The molecule has 40 heavy (non-hydrogen) atoms. The van der Waals surface area contributed by atoms with Gasteiger partial charge >= 0.3 is 12.4 Å². The number of fused-ring (bicyclic) bond motifs is 2. The SMILES string of the molecule is CCC(CCC1(C)Cc2ccc(CCC3CC3)cc2C12N=C(SCCC(F)(F)F)N(CCC(F)(F)F)C2=O)OC. The second-order valence-electron chi connectivity index (χ2n) is 11.7. The lowest BCUT2D eigenvalue weighted by Crippen LogP contribution is -2.49. The first kappa shape index (κ1) is 31.2. The number of amides is 1. The summed E-state index contributed by atoms with van der Waals surface area (Å²) in [6.45, 7) is 3.26. The number of hydrogen-bond donors (Lipinski definition) is 0. The molecule has 1 aliphatic heterocycles. The van der Waals surface area contributed by atoms with Gasteiger partial charge in [0.25, 0.3) is 5.91 Å². The fourth-order valence-electron chi connectivity index (χ4n) is 6.06. The minimum atomic E-state index is -4.53. The number of nitrogens with zero attached hydrogens (tertiary/aromatic N) is 2. The molecule has 2 aliphatic carbocycles. The van der Waals surface area contributed by atoms with Crippen LogP contribution in [0.3, 0.4) is 0 Å². The third-order valence-corrected chi connectivity index (χ3v) is 9.63. The summed E-state index contributed by atoms with van der Waals surface area (Å²) >= 11 is 0.713. The van der Waals surface area contributed by atoms with Crippen molar-refractivity contribution in [3.8, 4) is 0 Å². The smallest absolute Gasteiger partial charge is 0.381 e. The number of halogens is 6. The van der Waals surface area contributed by atoms with Gasteiger partial charge in [0.2, 0.25) is 0 Å². The zero-order valence-corrected chi connectivity index (χ0v) is 24.1. The van der Waals surface area contributed by atoms with Crippen molar-refractivity contribution in [3.05, 3.63) is 34.9 Å². The molecule has 1 aromatic rings. The van der Waals surface area contributed by atoms with Crippen LogP contribution in [0.2, 0.25) is 0 Å². The van der Waals surface area contributed by atoms with E-state index in [1.807, 2.05) is 32.0 Å². The van der Waals surface area contributed by atoms with Crippen molar-refractivity contribution in [2.45, 2.75) is 102 Å². The van der Waals surface area contributed by atoms with Gasteiger partial charge in [0.1, 0.15) is 0 Å². The van der Waals surface area contributed by atoms with Gasteiger partial charge in [0.15, 0.2) is 10.7 Å². The van der Waals surface area contributed by atoms with Crippen LogP contribution in [0.1, 0.15) is 81.9 Å². The molecule has 1 heterocycles. The zero-order chi connectivity index (χ0) is 29.3. The highest BCUT2D eigenvalue weighted by molar-refractivity contribution is 8.13. The van der Waals surface area contributed by atoms with Crippen LogP contribution in [0.25, 0.3) is 0 Å². The van der Waals surface area contributed by atoms with E-state index < -0.39 is 54.4 Å². The highest BCUT2D eigenvalue weighted by Gasteiger charge is 2.64. The van der Waals surface area contributed by atoms with E-state index in [4.69, 9.17) is 9.73 Å². The Balaban J connectivity index is 1.75. The number of aryl methyl sites for hydroxylation is 1. The van der Waals surface area contributed by atoms with Gasteiger partial charge in [0.05, 0.1) is 18.9 Å². The summed E-state index contributed by atoms with van der Waals surface area (Å²) in [7, 11) is 1.62. The Bertz CT molecular complexity index is 1100. The first-order valence-corrected chi connectivity index (χ1v) is 15.0. The Labute approximate surface area is 236 Å². The van der Waals surface area contributed by atoms with E-state index in [9.17, 15) is 31.1 Å². The predicted molar refractivity (Wildman–Crippen MR) is 144 cm³/mol. The molecule has 3 aliphatic rings. The predicted octanol–water partition coefficient (Wildman–Crippen LogP) is 7.83. The first-order chi connectivity index (χ1) is 18.7. The van der Waals surface area contributed by atoms with Crippen LogP contribution in [-0.4, -0.2) is 53.8 Å². The summed E-state index contributed by atoms with van der Waals surface area (Å²) in [6.07, 6.45) is -4.74. The number of thioether (sulfide) groups is 1. The Kier molecular flexibility index (Phi) is 9.25. The van der Waals surface area contributed by atoms with Gasteiger partial charge in [-0.05, 0) is 61.1 Å². The molecule has 1 fully saturated rings. The Morgan fingerprint density at radius 2 is 1.85 bits per heavy atom. The average molecular weight is 593 g/mol. The summed E-state index contributed by atoms with van der Waals surface area (Å²) < 4.78 is 84.3. The molecule has 0 bridgehead atoms. The van der Waals surface area contributed by atoms with Gasteiger partial charge in [-0.3, -0.25) is 9.69 Å². The molecule has 3 atom stereocenters. The summed E-state index contributed by atoms with van der Waals surface area (Å²) in [4.78, 5) is 20.2. The maximum Gasteiger partial charge on any atom is 0.390 e. The van der Waals surface area contributed by atoms with Crippen LogP contribution in [0.4, 0.5) is 26.3 Å². The van der Waals surface area contributed by atoms with Crippen LogP contribution in [-0.2, 0) is 27.9 Å². The number of rotatable bonds is 12. The minimum Gasteiger partial charge on any atom is -0.381 e. The lowest BCUT2D eigenvalue weighted by molar-refractivity contribution is -0.145. The van der Waals surface area contributed by atoms with E-state index in [0.29, 0.717) is 42.5 Å². The number of carbonyl (C=O) groups is 1. The number of amidine groups is 1.